The van der Waals surface area contributed by atoms with Crippen LogP contribution in [-0.2, 0) is 29.0 Å². The van der Waals surface area contributed by atoms with Crippen molar-refractivity contribution in [1.29, 1.82) is 0 Å². The fourth-order valence-corrected chi connectivity index (χ4v) is 4.30. The standard InChI is InChI=1S/C26H25Cl3N2O2/c1-2-30-26(33)24(14-18-7-4-3-5-8-18)31(17-19-9-6-10-21(27)13-19)25(32)15-20-11-12-22(28)16-23(20)29/h3-13,16,24H,2,14-15,17H2,1H3,(H,30,33)/t24-/m1/s1. The van der Waals surface area contributed by atoms with Gasteiger partial charge in [-0.1, -0.05) is 83.3 Å². The SMILES string of the molecule is CCNC(=O)[C@@H](Cc1ccccc1)N(Cc1cccc(Cl)c1)C(=O)Cc1ccc(Cl)cc1Cl. The summed E-state index contributed by atoms with van der Waals surface area (Å²) in [5, 5.41) is 4.36. The molecule has 0 saturated heterocycles. The first-order chi connectivity index (χ1) is 15.9. The minimum Gasteiger partial charge on any atom is -0.355 e. The predicted molar refractivity (Wildman–Crippen MR) is 135 cm³/mol. The molecule has 0 aliphatic rings. The molecule has 0 unspecified atom stereocenters. The summed E-state index contributed by atoms with van der Waals surface area (Å²) in [5.41, 5.74) is 2.44. The van der Waals surface area contributed by atoms with Gasteiger partial charge >= 0.3 is 0 Å². The van der Waals surface area contributed by atoms with E-state index < -0.39 is 6.04 Å². The molecule has 0 spiro atoms. The number of hydrogen-bond donors (Lipinski definition) is 1. The zero-order valence-corrected chi connectivity index (χ0v) is 20.5. The first kappa shape index (κ1) is 25.1. The third-order valence-electron chi connectivity index (χ3n) is 5.22. The van der Waals surface area contributed by atoms with Crippen molar-refractivity contribution in [2.75, 3.05) is 6.54 Å². The van der Waals surface area contributed by atoms with E-state index in [9.17, 15) is 9.59 Å². The second-order valence-electron chi connectivity index (χ2n) is 7.66. The van der Waals surface area contributed by atoms with Crippen molar-refractivity contribution in [1.82, 2.24) is 10.2 Å². The van der Waals surface area contributed by atoms with Gasteiger partial charge in [-0.3, -0.25) is 9.59 Å². The van der Waals surface area contributed by atoms with E-state index >= 15 is 0 Å². The Kier molecular flexibility index (Phi) is 9.19. The van der Waals surface area contributed by atoms with E-state index in [1.807, 2.05) is 49.4 Å². The van der Waals surface area contributed by atoms with E-state index in [1.54, 1.807) is 35.2 Å². The summed E-state index contributed by atoms with van der Waals surface area (Å²) in [6.07, 6.45) is 0.425. The molecule has 0 fully saturated rings. The Labute approximate surface area is 209 Å². The molecule has 33 heavy (non-hydrogen) atoms. The fourth-order valence-electron chi connectivity index (χ4n) is 3.61. The predicted octanol–water partition coefficient (Wildman–Crippen LogP) is 5.97. The number of hydrogen-bond acceptors (Lipinski definition) is 2. The van der Waals surface area contributed by atoms with Crippen molar-refractivity contribution >= 4 is 46.6 Å². The molecule has 0 saturated carbocycles. The maximum Gasteiger partial charge on any atom is 0.243 e. The van der Waals surface area contributed by atoms with Crippen molar-refractivity contribution in [2.45, 2.75) is 32.4 Å². The number of carbonyl (C=O) groups is 2. The summed E-state index contributed by atoms with van der Waals surface area (Å²) in [6, 6.07) is 21.3. The van der Waals surface area contributed by atoms with Crippen molar-refractivity contribution in [3.63, 3.8) is 0 Å². The lowest BCUT2D eigenvalue weighted by Crippen LogP contribution is -2.51. The minimum absolute atomic E-state index is 0.0429. The number of benzene rings is 3. The van der Waals surface area contributed by atoms with E-state index in [0.717, 1.165) is 11.1 Å². The molecule has 172 valence electrons. The largest absolute Gasteiger partial charge is 0.355 e. The van der Waals surface area contributed by atoms with Gasteiger partial charge in [0.25, 0.3) is 0 Å². The highest BCUT2D eigenvalue weighted by Crippen LogP contribution is 2.24. The van der Waals surface area contributed by atoms with E-state index in [4.69, 9.17) is 34.8 Å². The van der Waals surface area contributed by atoms with Gasteiger partial charge in [0, 0.05) is 34.6 Å². The normalized spacial score (nSPS) is 11.6. The average molecular weight is 504 g/mol. The number of halogens is 3. The van der Waals surface area contributed by atoms with Gasteiger partial charge < -0.3 is 10.2 Å². The van der Waals surface area contributed by atoms with Crippen molar-refractivity contribution in [3.05, 3.63) is 105 Å². The monoisotopic (exact) mass is 502 g/mol. The topological polar surface area (TPSA) is 49.4 Å². The highest BCUT2D eigenvalue weighted by molar-refractivity contribution is 6.35. The molecule has 0 bridgehead atoms. The molecule has 4 nitrogen and oxygen atoms in total. The highest BCUT2D eigenvalue weighted by atomic mass is 35.5. The molecule has 1 atom stereocenters. The third kappa shape index (κ3) is 7.23. The van der Waals surface area contributed by atoms with Crippen molar-refractivity contribution < 1.29 is 9.59 Å². The molecule has 0 heterocycles. The van der Waals surface area contributed by atoms with Crippen molar-refractivity contribution in [3.8, 4) is 0 Å². The lowest BCUT2D eigenvalue weighted by molar-refractivity contribution is -0.140. The summed E-state index contributed by atoms with van der Waals surface area (Å²) < 4.78 is 0. The van der Waals surface area contributed by atoms with Gasteiger partial charge in [-0.25, -0.2) is 0 Å². The van der Waals surface area contributed by atoms with Gasteiger partial charge in [0.1, 0.15) is 6.04 Å². The van der Waals surface area contributed by atoms with E-state index in [-0.39, 0.29) is 24.8 Å². The van der Waals surface area contributed by atoms with Crippen LogP contribution in [0.2, 0.25) is 15.1 Å². The van der Waals surface area contributed by atoms with Crippen LogP contribution in [-0.4, -0.2) is 29.3 Å². The maximum atomic E-state index is 13.6. The molecule has 1 N–H and O–H groups in total. The Morgan fingerprint density at radius 3 is 2.24 bits per heavy atom. The van der Waals surface area contributed by atoms with E-state index in [2.05, 4.69) is 5.32 Å². The second-order valence-corrected chi connectivity index (χ2v) is 8.94. The molecule has 7 heteroatoms. The average Bonchev–Trinajstić information content (AvgIpc) is 2.79. The smallest absolute Gasteiger partial charge is 0.243 e. The third-order valence-corrected chi connectivity index (χ3v) is 6.04. The summed E-state index contributed by atoms with van der Waals surface area (Å²) in [6.45, 7) is 2.56. The molecule has 0 radical (unpaired) electrons. The summed E-state index contributed by atoms with van der Waals surface area (Å²) in [4.78, 5) is 28.3. The Bertz CT molecular complexity index is 1110. The quantitative estimate of drug-likeness (QED) is 0.391. The van der Waals surface area contributed by atoms with Gasteiger partial charge in [-0.15, -0.1) is 0 Å². The second kappa shape index (κ2) is 12.1. The molecule has 0 aromatic heterocycles. The van der Waals surface area contributed by atoms with Gasteiger partial charge in [0.05, 0.1) is 6.42 Å². The highest BCUT2D eigenvalue weighted by Gasteiger charge is 2.30. The molecule has 0 aliphatic carbocycles. The van der Waals surface area contributed by atoms with Gasteiger partial charge in [-0.05, 0) is 47.9 Å². The van der Waals surface area contributed by atoms with Crippen LogP contribution < -0.4 is 5.32 Å². The van der Waals surface area contributed by atoms with Crippen LogP contribution >= 0.6 is 34.8 Å². The number of amides is 2. The molecule has 3 aromatic carbocycles. The van der Waals surface area contributed by atoms with Crippen LogP contribution in [0.25, 0.3) is 0 Å². The lowest BCUT2D eigenvalue weighted by atomic mass is 10.0. The van der Waals surface area contributed by atoms with Crippen LogP contribution in [0.5, 0.6) is 0 Å². The first-order valence-electron chi connectivity index (χ1n) is 10.7. The fraction of sp³-hybridized carbons (Fsp3) is 0.231. The Morgan fingerprint density at radius 2 is 1.58 bits per heavy atom. The molecule has 2 amide bonds. The minimum atomic E-state index is -0.704. The Morgan fingerprint density at radius 1 is 0.879 bits per heavy atom. The first-order valence-corrected chi connectivity index (χ1v) is 11.8. The molecule has 3 aromatic rings. The zero-order chi connectivity index (χ0) is 23.8. The molecular formula is C26H25Cl3N2O2. The molecule has 0 aliphatic heterocycles. The van der Waals surface area contributed by atoms with Crippen LogP contribution in [0.3, 0.4) is 0 Å². The van der Waals surface area contributed by atoms with Gasteiger partial charge in [0.2, 0.25) is 11.8 Å². The van der Waals surface area contributed by atoms with Crippen LogP contribution in [0.15, 0.2) is 72.8 Å². The Balaban J connectivity index is 1.97. The van der Waals surface area contributed by atoms with E-state index in [0.29, 0.717) is 33.6 Å². The Hall–Kier alpha value is -2.53. The number of nitrogens with zero attached hydrogens (tertiary/aromatic N) is 1. The zero-order valence-electron chi connectivity index (χ0n) is 18.2. The van der Waals surface area contributed by atoms with Crippen LogP contribution in [0, 0.1) is 0 Å². The van der Waals surface area contributed by atoms with Gasteiger partial charge in [-0.2, -0.15) is 0 Å². The summed E-state index contributed by atoms with van der Waals surface area (Å²) in [5.74, 6) is -0.426. The maximum absolute atomic E-state index is 13.6. The van der Waals surface area contributed by atoms with E-state index in [1.165, 1.54) is 0 Å². The summed E-state index contributed by atoms with van der Waals surface area (Å²) >= 11 is 18.5. The molecular weight excluding hydrogens is 479 g/mol. The number of likely N-dealkylation sites (N-methyl/N-ethyl adjacent to an activating group) is 1. The number of carbonyl (C=O) groups excluding carboxylic acids is 2. The summed E-state index contributed by atoms with van der Waals surface area (Å²) in [7, 11) is 0. The van der Waals surface area contributed by atoms with Crippen LogP contribution in [0.1, 0.15) is 23.6 Å². The molecule has 3 rings (SSSR count). The van der Waals surface area contributed by atoms with Crippen molar-refractivity contribution in [2.24, 2.45) is 0 Å². The van der Waals surface area contributed by atoms with Gasteiger partial charge in [0.15, 0.2) is 0 Å². The lowest BCUT2D eigenvalue weighted by Gasteiger charge is -2.31. The number of nitrogens with one attached hydrogen (secondary N) is 1. The number of rotatable bonds is 9. The van der Waals surface area contributed by atoms with Crippen LogP contribution in [0.4, 0.5) is 0 Å².